The number of nitrogens with zero attached hydrogens (tertiary/aromatic N) is 2. The van der Waals surface area contributed by atoms with Gasteiger partial charge in [0, 0.05) is 21.7 Å². The van der Waals surface area contributed by atoms with Crippen LogP contribution in [0.25, 0.3) is 27.6 Å². The zero-order valence-corrected chi connectivity index (χ0v) is 18.8. The molecule has 5 nitrogen and oxygen atoms in total. The number of rotatable bonds is 5. The average molecular weight is 502 g/mol. The summed E-state index contributed by atoms with van der Waals surface area (Å²) in [5.74, 6) is 0.105. The molecule has 1 N–H and O–H groups in total. The predicted octanol–water partition coefficient (Wildman–Crippen LogP) is 6.71. The smallest absolute Gasteiger partial charge is 0.406 e. The number of ether oxygens (including phenoxy) is 1. The van der Waals surface area contributed by atoms with Gasteiger partial charge in [0.2, 0.25) is 0 Å². The first-order valence-corrected chi connectivity index (χ1v) is 11.4. The van der Waals surface area contributed by atoms with Crippen LogP contribution < -0.4 is 10.3 Å². The zero-order chi connectivity index (χ0) is 23.9. The van der Waals surface area contributed by atoms with Gasteiger partial charge in [0.15, 0.2) is 5.16 Å². The lowest BCUT2D eigenvalue weighted by Gasteiger charge is -2.14. The molecule has 5 aromatic rings. The molecule has 0 aliphatic carbocycles. The number of H-pyrrole nitrogens is 1. The molecule has 5 rings (SSSR count). The fourth-order valence-electron chi connectivity index (χ4n) is 3.64. The number of fused-ring (bicyclic) bond motifs is 3. The van der Waals surface area contributed by atoms with Gasteiger partial charge in [0.05, 0.1) is 5.69 Å². The van der Waals surface area contributed by atoms with Crippen LogP contribution in [0.4, 0.5) is 13.2 Å². The van der Waals surface area contributed by atoms with E-state index in [1.54, 1.807) is 6.07 Å². The number of aromatic amines is 1. The summed E-state index contributed by atoms with van der Waals surface area (Å²) in [4.78, 5) is 21.4. The molecule has 0 aliphatic heterocycles. The van der Waals surface area contributed by atoms with Crippen LogP contribution in [0.15, 0.2) is 82.7 Å². The number of hydrogen-bond donors (Lipinski definition) is 1. The van der Waals surface area contributed by atoms with Crippen molar-refractivity contribution in [3.8, 4) is 11.4 Å². The van der Waals surface area contributed by atoms with Gasteiger partial charge in [-0.25, -0.2) is 4.98 Å². The molecule has 0 aliphatic rings. The van der Waals surface area contributed by atoms with Crippen molar-refractivity contribution in [2.75, 3.05) is 0 Å². The van der Waals surface area contributed by atoms with E-state index >= 15 is 0 Å². The summed E-state index contributed by atoms with van der Waals surface area (Å²) in [6, 6.07) is 19.9. The van der Waals surface area contributed by atoms with Crippen molar-refractivity contribution in [1.82, 2.24) is 14.5 Å². The van der Waals surface area contributed by atoms with Crippen LogP contribution in [0.2, 0.25) is 5.02 Å². The van der Waals surface area contributed by atoms with Crippen LogP contribution in [-0.2, 0) is 5.75 Å². The zero-order valence-electron chi connectivity index (χ0n) is 17.3. The van der Waals surface area contributed by atoms with Crippen molar-refractivity contribution < 1.29 is 17.9 Å². The highest BCUT2D eigenvalue weighted by Gasteiger charge is 2.31. The number of thioether (sulfide) groups is 1. The molecule has 0 saturated heterocycles. The molecule has 0 fully saturated rings. The van der Waals surface area contributed by atoms with E-state index in [9.17, 15) is 18.0 Å². The van der Waals surface area contributed by atoms with Crippen LogP contribution in [-0.4, -0.2) is 20.9 Å². The largest absolute Gasteiger partial charge is 0.573 e. The van der Waals surface area contributed by atoms with Crippen LogP contribution in [0, 0.1) is 0 Å². The van der Waals surface area contributed by atoms with Gasteiger partial charge < -0.3 is 9.72 Å². The van der Waals surface area contributed by atoms with E-state index in [1.165, 1.54) is 28.5 Å². The van der Waals surface area contributed by atoms with E-state index in [0.29, 0.717) is 32.7 Å². The molecular weight excluding hydrogens is 487 g/mol. The molecule has 0 spiro atoms. The minimum atomic E-state index is -4.80. The van der Waals surface area contributed by atoms with E-state index in [-0.39, 0.29) is 11.3 Å². The topological polar surface area (TPSA) is 59.9 Å². The summed E-state index contributed by atoms with van der Waals surface area (Å²) in [7, 11) is 0. The molecule has 0 unspecified atom stereocenters. The summed E-state index contributed by atoms with van der Waals surface area (Å²) in [5, 5.41) is 1.79. The third-order valence-electron chi connectivity index (χ3n) is 5.08. The summed E-state index contributed by atoms with van der Waals surface area (Å²) in [5.41, 5.74) is 2.54. The van der Waals surface area contributed by atoms with E-state index in [0.717, 1.165) is 28.6 Å². The van der Waals surface area contributed by atoms with Gasteiger partial charge in [0.1, 0.15) is 16.8 Å². The normalized spacial score (nSPS) is 11.9. The highest BCUT2D eigenvalue weighted by atomic mass is 35.5. The Morgan fingerprint density at radius 1 is 1.03 bits per heavy atom. The number of nitrogens with one attached hydrogen (secondary N) is 1. The fourth-order valence-corrected chi connectivity index (χ4v) is 4.80. The Hall–Kier alpha value is -3.43. The summed E-state index contributed by atoms with van der Waals surface area (Å²) < 4.78 is 43.0. The summed E-state index contributed by atoms with van der Waals surface area (Å²) >= 11 is 7.42. The van der Waals surface area contributed by atoms with E-state index < -0.39 is 6.36 Å². The minimum absolute atomic E-state index is 0.309. The van der Waals surface area contributed by atoms with Crippen LogP contribution in [0.3, 0.4) is 0 Å². The van der Waals surface area contributed by atoms with Gasteiger partial charge in [0.25, 0.3) is 5.56 Å². The molecule has 10 heteroatoms. The SMILES string of the molecule is O=c1c2[nH]c3ccccc3c2nc(SCc2cccc(Cl)c2)n1-c1ccc(OC(F)(F)F)cc1. The first-order valence-electron chi connectivity index (χ1n) is 10.1. The number of alkyl halides is 3. The van der Waals surface area contributed by atoms with Crippen molar-refractivity contribution in [2.24, 2.45) is 0 Å². The molecule has 0 amide bonds. The first kappa shape index (κ1) is 22.4. The minimum Gasteiger partial charge on any atom is -0.406 e. The molecule has 0 atom stereocenters. The van der Waals surface area contributed by atoms with Crippen molar-refractivity contribution in [3.05, 3.63) is 93.7 Å². The lowest BCUT2D eigenvalue weighted by atomic mass is 10.2. The Kier molecular flexibility index (Phi) is 5.75. The quantitative estimate of drug-likeness (QED) is 0.215. The van der Waals surface area contributed by atoms with Crippen LogP contribution in [0.5, 0.6) is 5.75 Å². The molecule has 2 heterocycles. The van der Waals surface area contributed by atoms with Gasteiger partial charge in [-0.15, -0.1) is 13.2 Å². The van der Waals surface area contributed by atoms with Crippen molar-refractivity contribution >= 4 is 45.3 Å². The first-order chi connectivity index (χ1) is 16.3. The predicted molar refractivity (Wildman–Crippen MR) is 127 cm³/mol. The highest BCUT2D eigenvalue weighted by Crippen LogP contribution is 2.30. The number of hydrogen-bond acceptors (Lipinski definition) is 4. The third-order valence-corrected chi connectivity index (χ3v) is 6.32. The van der Waals surface area contributed by atoms with E-state index in [4.69, 9.17) is 16.6 Å². The fraction of sp³-hybridized carbons (Fsp3) is 0.0833. The number of aromatic nitrogens is 3. The maximum atomic E-state index is 13.5. The van der Waals surface area contributed by atoms with Gasteiger partial charge >= 0.3 is 6.36 Å². The second-order valence-electron chi connectivity index (χ2n) is 7.39. The molecule has 0 radical (unpaired) electrons. The van der Waals surface area contributed by atoms with Gasteiger partial charge in [-0.2, -0.15) is 0 Å². The summed E-state index contributed by atoms with van der Waals surface area (Å²) in [6.45, 7) is 0. The maximum Gasteiger partial charge on any atom is 0.573 e. The van der Waals surface area contributed by atoms with E-state index in [2.05, 4.69) is 9.72 Å². The Bertz CT molecular complexity index is 1560. The van der Waals surface area contributed by atoms with Gasteiger partial charge in [-0.1, -0.05) is 53.7 Å². The third kappa shape index (κ3) is 4.49. The van der Waals surface area contributed by atoms with Gasteiger partial charge in [-0.3, -0.25) is 9.36 Å². The molecule has 3 aromatic carbocycles. The summed E-state index contributed by atoms with van der Waals surface area (Å²) in [6.07, 6.45) is -4.80. The second-order valence-corrected chi connectivity index (χ2v) is 8.77. The van der Waals surface area contributed by atoms with Crippen molar-refractivity contribution in [1.29, 1.82) is 0 Å². The standard InChI is InChI=1S/C24H15ClF3N3O2S/c25-15-5-3-4-14(12-15)13-34-23-30-20-18-6-1-2-7-19(18)29-21(20)22(32)31(23)16-8-10-17(11-9-16)33-24(26,27)28/h1-12,29H,13H2. The Balaban J connectivity index is 1.63. The van der Waals surface area contributed by atoms with Crippen molar-refractivity contribution in [3.63, 3.8) is 0 Å². The number of halogens is 4. The molecule has 172 valence electrons. The Morgan fingerprint density at radius 2 is 1.79 bits per heavy atom. The van der Waals surface area contributed by atoms with Gasteiger partial charge in [-0.05, 0) is 48.0 Å². The molecule has 2 aromatic heterocycles. The number of para-hydroxylation sites is 1. The van der Waals surface area contributed by atoms with Crippen LogP contribution in [0.1, 0.15) is 5.56 Å². The maximum absolute atomic E-state index is 13.5. The second kappa shape index (κ2) is 8.73. The highest BCUT2D eigenvalue weighted by molar-refractivity contribution is 7.98. The molecule has 0 saturated carbocycles. The Labute approximate surface area is 200 Å². The molecular formula is C24H15ClF3N3O2S. The van der Waals surface area contributed by atoms with Crippen molar-refractivity contribution in [2.45, 2.75) is 17.3 Å². The average Bonchev–Trinajstić information content (AvgIpc) is 3.17. The molecule has 34 heavy (non-hydrogen) atoms. The lowest BCUT2D eigenvalue weighted by molar-refractivity contribution is -0.274. The van der Waals surface area contributed by atoms with Crippen LogP contribution >= 0.6 is 23.4 Å². The lowest BCUT2D eigenvalue weighted by Crippen LogP contribution is -2.22. The molecule has 0 bridgehead atoms. The number of benzene rings is 3. The monoisotopic (exact) mass is 501 g/mol. The Morgan fingerprint density at radius 3 is 2.53 bits per heavy atom. The van der Waals surface area contributed by atoms with E-state index in [1.807, 2.05) is 42.5 Å².